The fourth-order valence-electron chi connectivity index (χ4n) is 4.88. The summed E-state index contributed by atoms with van der Waals surface area (Å²) in [6, 6.07) is 14.2. The Kier molecular flexibility index (Phi) is 7.51. The Hall–Kier alpha value is -2.82. The molecular formula is C28H39N3O2. The second kappa shape index (κ2) is 9.98. The maximum atomic E-state index is 13.5. The summed E-state index contributed by atoms with van der Waals surface area (Å²) in [5.41, 5.74) is 4.88. The number of aryl methyl sites for hydroxylation is 1. The molecule has 1 aliphatic heterocycles. The first-order valence-corrected chi connectivity index (χ1v) is 12.2. The third-order valence-corrected chi connectivity index (χ3v) is 7.00. The smallest absolute Gasteiger partial charge is 0.324 e. The lowest BCUT2D eigenvalue weighted by Gasteiger charge is -2.35. The molecule has 33 heavy (non-hydrogen) atoms. The Labute approximate surface area is 199 Å². The zero-order chi connectivity index (χ0) is 24.3. The molecule has 0 saturated carbocycles. The van der Waals surface area contributed by atoms with Gasteiger partial charge in [0.05, 0.1) is 5.54 Å². The topological polar surface area (TPSA) is 52.7 Å². The molecule has 2 aromatic carbocycles. The van der Waals surface area contributed by atoms with Crippen LogP contribution in [-0.4, -0.2) is 35.5 Å². The van der Waals surface area contributed by atoms with Crippen molar-refractivity contribution in [3.05, 3.63) is 59.2 Å². The lowest BCUT2D eigenvalue weighted by atomic mass is 9.91. The van der Waals surface area contributed by atoms with Gasteiger partial charge in [0.2, 0.25) is 5.91 Å². The quantitative estimate of drug-likeness (QED) is 0.488. The number of rotatable bonds is 8. The molecule has 2 aromatic rings. The van der Waals surface area contributed by atoms with Crippen LogP contribution in [0.2, 0.25) is 0 Å². The molecule has 0 radical (unpaired) electrons. The summed E-state index contributed by atoms with van der Waals surface area (Å²) in [6.45, 7) is 15.4. The van der Waals surface area contributed by atoms with Crippen LogP contribution in [0, 0.1) is 6.92 Å². The molecule has 1 heterocycles. The SMILES string of the molecule is CCC1(CC)CN(CC(=O)Nc2c(C(C)C)cccc2C(C)C)C(=O)N1c1ccc(C)cc1. The first-order chi connectivity index (χ1) is 15.6. The molecule has 0 bridgehead atoms. The second-order valence-electron chi connectivity index (χ2n) is 9.91. The van der Waals surface area contributed by atoms with Crippen LogP contribution in [0.1, 0.15) is 82.9 Å². The number of para-hydroxylation sites is 1. The minimum Gasteiger partial charge on any atom is -0.324 e. The number of hydrogen-bond acceptors (Lipinski definition) is 2. The highest BCUT2D eigenvalue weighted by molar-refractivity contribution is 6.01. The van der Waals surface area contributed by atoms with Gasteiger partial charge >= 0.3 is 6.03 Å². The molecule has 1 saturated heterocycles. The number of nitrogens with zero attached hydrogens (tertiary/aromatic N) is 2. The van der Waals surface area contributed by atoms with Gasteiger partial charge in [0, 0.05) is 17.9 Å². The zero-order valence-corrected chi connectivity index (χ0v) is 21.2. The summed E-state index contributed by atoms with van der Waals surface area (Å²) >= 11 is 0. The van der Waals surface area contributed by atoms with Gasteiger partial charge in [-0.3, -0.25) is 9.69 Å². The van der Waals surface area contributed by atoms with Crippen LogP contribution < -0.4 is 10.2 Å². The van der Waals surface area contributed by atoms with E-state index in [1.54, 1.807) is 4.90 Å². The molecule has 0 aromatic heterocycles. The average molecular weight is 450 g/mol. The van der Waals surface area contributed by atoms with Crippen LogP contribution in [-0.2, 0) is 4.79 Å². The molecule has 0 unspecified atom stereocenters. The van der Waals surface area contributed by atoms with E-state index < -0.39 is 0 Å². The standard InChI is InChI=1S/C28H39N3O2/c1-8-28(9-2)18-30(27(33)31(28)22-15-13-21(7)14-16-22)17-25(32)29-26-23(19(3)4)11-10-12-24(26)20(5)6/h10-16,19-20H,8-9,17-18H2,1-7H3,(H,29,32). The summed E-state index contributed by atoms with van der Waals surface area (Å²) in [5.74, 6) is 0.430. The summed E-state index contributed by atoms with van der Waals surface area (Å²) in [7, 11) is 0. The van der Waals surface area contributed by atoms with Gasteiger partial charge in [-0.05, 0) is 54.9 Å². The van der Waals surface area contributed by atoms with E-state index in [4.69, 9.17) is 0 Å². The summed E-state index contributed by atoms with van der Waals surface area (Å²) < 4.78 is 0. The van der Waals surface area contributed by atoms with Crippen LogP contribution in [0.4, 0.5) is 16.2 Å². The average Bonchev–Trinajstić information content (AvgIpc) is 3.06. The Bertz CT molecular complexity index is 964. The predicted octanol–water partition coefficient (Wildman–Crippen LogP) is 6.68. The fourth-order valence-corrected chi connectivity index (χ4v) is 4.88. The maximum Gasteiger partial charge on any atom is 0.325 e. The monoisotopic (exact) mass is 449 g/mol. The van der Waals surface area contributed by atoms with E-state index >= 15 is 0 Å². The van der Waals surface area contributed by atoms with Crippen molar-refractivity contribution in [1.29, 1.82) is 0 Å². The first kappa shape index (κ1) is 24.8. The van der Waals surface area contributed by atoms with Crippen LogP contribution in [0.5, 0.6) is 0 Å². The van der Waals surface area contributed by atoms with Gasteiger partial charge in [-0.2, -0.15) is 0 Å². The van der Waals surface area contributed by atoms with Crippen molar-refractivity contribution in [2.24, 2.45) is 0 Å². The van der Waals surface area contributed by atoms with Crippen molar-refractivity contribution in [3.8, 4) is 0 Å². The summed E-state index contributed by atoms with van der Waals surface area (Å²) in [4.78, 5) is 30.4. The van der Waals surface area contributed by atoms with Gasteiger partial charge < -0.3 is 10.2 Å². The van der Waals surface area contributed by atoms with Gasteiger partial charge in [0.1, 0.15) is 6.54 Å². The molecular weight excluding hydrogens is 410 g/mol. The largest absolute Gasteiger partial charge is 0.325 e. The predicted molar refractivity (Wildman–Crippen MR) is 137 cm³/mol. The number of amides is 3. The molecule has 0 atom stereocenters. The molecule has 178 valence electrons. The van der Waals surface area contributed by atoms with Crippen molar-refractivity contribution in [3.63, 3.8) is 0 Å². The summed E-state index contributed by atoms with van der Waals surface area (Å²) in [6.07, 6.45) is 1.66. The molecule has 1 aliphatic rings. The fraction of sp³-hybridized carbons (Fsp3) is 0.500. The van der Waals surface area contributed by atoms with Gasteiger partial charge in [0.25, 0.3) is 0 Å². The lowest BCUT2D eigenvalue weighted by Crippen LogP contribution is -2.46. The Morgan fingerprint density at radius 3 is 2.00 bits per heavy atom. The highest BCUT2D eigenvalue weighted by Crippen LogP contribution is 2.37. The molecule has 0 spiro atoms. The maximum absolute atomic E-state index is 13.5. The van der Waals surface area contributed by atoms with Crippen molar-refractivity contribution >= 4 is 23.3 Å². The van der Waals surface area contributed by atoms with Gasteiger partial charge in [-0.1, -0.05) is 77.4 Å². The number of nitrogens with one attached hydrogen (secondary N) is 1. The van der Waals surface area contributed by atoms with Gasteiger partial charge in [-0.25, -0.2) is 4.79 Å². The zero-order valence-electron chi connectivity index (χ0n) is 21.2. The Morgan fingerprint density at radius 2 is 1.52 bits per heavy atom. The lowest BCUT2D eigenvalue weighted by molar-refractivity contribution is -0.116. The number of carbonyl (C=O) groups excluding carboxylic acids is 2. The number of anilines is 2. The highest BCUT2D eigenvalue weighted by atomic mass is 16.2. The van der Waals surface area contributed by atoms with Gasteiger partial charge in [-0.15, -0.1) is 0 Å². The van der Waals surface area contributed by atoms with Crippen LogP contribution in [0.3, 0.4) is 0 Å². The first-order valence-electron chi connectivity index (χ1n) is 12.2. The van der Waals surface area contributed by atoms with Crippen molar-refractivity contribution in [2.45, 2.75) is 78.7 Å². The number of benzene rings is 2. The van der Waals surface area contributed by atoms with Crippen molar-refractivity contribution in [1.82, 2.24) is 4.90 Å². The minimum absolute atomic E-state index is 0.0485. The molecule has 3 rings (SSSR count). The number of carbonyl (C=O) groups is 2. The third-order valence-electron chi connectivity index (χ3n) is 7.00. The van der Waals surface area contributed by atoms with E-state index in [2.05, 4.69) is 65.1 Å². The van der Waals surface area contributed by atoms with Crippen LogP contribution in [0.15, 0.2) is 42.5 Å². The molecule has 0 aliphatic carbocycles. The minimum atomic E-state index is -0.314. The molecule has 5 heteroatoms. The highest BCUT2D eigenvalue weighted by Gasteiger charge is 2.48. The van der Waals surface area contributed by atoms with Gasteiger partial charge in [0.15, 0.2) is 0 Å². The van der Waals surface area contributed by atoms with E-state index in [-0.39, 0.29) is 35.9 Å². The molecule has 1 fully saturated rings. The van der Waals surface area contributed by atoms with Crippen molar-refractivity contribution in [2.75, 3.05) is 23.3 Å². The normalized spacial score (nSPS) is 15.6. The Balaban J connectivity index is 1.86. The van der Waals surface area contributed by atoms with E-state index in [9.17, 15) is 9.59 Å². The number of urea groups is 1. The molecule has 5 nitrogen and oxygen atoms in total. The van der Waals surface area contributed by atoms with Crippen LogP contribution >= 0.6 is 0 Å². The third kappa shape index (κ3) is 4.92. The molecule has 3 amide bonds. The van der Waals surface area contributed by atoms with E-state index in [1.807, 2.05) is 36.1 Å². The molecule has 1 N–H and O–H groups in total. The van der Waals surface area contributed by atoms with E-state index in [1.165, 1.54) is 0 Å². The van der Waals surface area contributed by atoms with Crippen molar-refractivity contribution < 1.29 is 9.59 Å². The number of hydrogen-bond donors (Lipinski definition) is 1. The van der Waals surface area contributed by atoms with E-state index in [0.717, 1.165) is 40.9 Å². The van der Waals surface area contributed by atoms with E-state index in [0.29, 0.717) is 6.54 Å². The summed E-state index contributed by atoms with van der Waals surface area (Å²) in [5, 5.41) is 3.16. The second-order valence-corrected chi connectivity index (χ2v) is 9.91. The Morgan fingerprint density at radius 1 is 0.970 bits per heavy atom. The van der Waals surface area contributed by atoms with Crippen LogP contribution in [0.25, 0.3) is 0 Å².